The van der Waals surface area contributed by atoms with Crippen molar-refractivity contribution in [3.05, 3.63) is 70.2 Å². The molecule has 0 aliphatic carbocycles. The summed E-state index contributed by atoms with van der Waals surface area (Å²) in [6, 6.07) is 10.6. The fraction of sp³-hybridized carbons (Fsp3) is 0.350. The molecule has 29 heavy (non-hydrogen) atoms. The van der Waals surface area contributed by atoms with Crippen molar-refractivity contribution in [2.45, 2.75) is 32.9 Å². The van der Waals surface area contributed by atoms with Crippen molar-refractivity contribution in [3.8, 4) is 0 Å². The maximum atomic E-state index is 13.1. The largest absolute Gasteiger partial charge is 0.356 e. The Morgan fingerprint density at radius 3 is 2.69 bits per heavy atom. The highest BCUT2D eigenvalue weighted by atomic mass is 127. The number of hydrogen-bond acceptors (Lipinski definition) is 4. The SMILES string of the molecule is CCc1nncn1CCNC(=NCc1ccc(F)cc1)NCCc1cccs1.I. The first kappa shape index (κ1) is 23.3. The number of aromatic nitrogens is 3. The van der Waals surface area contributed by atoms with Crippen LogP contribution in [-0.2, 0) is 25.9 Å². The average molecular weight is 528 g/mol. The molecule has 9 heteroatoms. The van der Waals surface area contributed by atoms with E-state index in [-0.39, 0.29) is 29.8 Å². The molecule has 2 N–H and O–H groups in total. The van der Waals surface area contributed by atoms with Gasteiger partial charge in [0, 0.05) is 30.9 Å². The lowest BCUT2D eigenvalue weighted by Gasteiger charge is -2.13. The Hall–Kier alpha value is -2.01. The van der Waals surface area contributed by atoms with Gasteiger partial charge in [0.15, 0.2) is 5.96 Å². The molecule has 2 heterocycles. The number of guanidine groups is 1. The highest BCUT2D eigenvalue weighted by Crippen LogP contribution is 2.08. The monoisotopic (exact) mass is 528 g/mol. The van der Waals surface area contributed by atoms with Crippen LogP contribution in [0, 0.1) is 5.82 Å². The van der Waals surface area contributed by atoms with E-state index in [0.717, 1.165) is 43.3 Å². The van der Waals surface area contributed by atoms with E-state index in [1.165, 1.54) is 17.0 Å². The normalized spacial score (nSPS) is 11.2. The van der Waals surface area contributed by atoms with Gasteiger partial charge in [0.1, 0.15) is 18.0 Å². The molecular weight excluding hydrogens is 502 g/mol. The maximum absolute atomic E-state index is 13.1. The van der Waals surface area contributed by atoms with Crippen LogP contribution in [0.2, 0.25) is 0 Å². The van der Waals surface area contributed by atoms with Gasteiger partial charge in [0.2, 0.25) is 0 Å². The third-order valence-electron chi connectivity index (χ3n) is 4.23. The van der Waals surface area contributed by atoms with Crippen LogP contribution in [0.15, 0.2) is 53.1 Å². The molecule has 0 aliphatic heterocycles. The number of thiophene rings is 1. The second-order valence-corrected chi connectivity index (χ2v) is 7.30. The van der Waals surface area contributed by atoms with E-state index in [1.54, 1.807) is 29.8 Å². The minimum Gasteiger partial charge on any atom is -0.356 e. The van der Waals surface area contributed by atoms with Gasteiger partial charge in [0.25, 0.3) is 0 Å². The standard InChI is InChI=1S/C20H25FN6S.HI/c1-2-19-26-25-15-27(19)12-11-23-20(22-10-9-18-4-3-13-28-18)24-14-16-5-7-17(21)8-6-16;/h3-8,13,15H,2,9-12,14H2,1H3,(H2,22,23,24);1H. The second-order valence-electron chi connectivity index (χ2n) is 6.27. The van der Waals surface area contributed by atoms with Gasteiger partial charge in [-0.2, -0.15) is 0 Å². The second kappa shape index (κ2) is 12.5. The van der Waals surface area contributed by atoms with Crippen molar-refractivity contribution >= 4 is 41.3 Å². The summed E-state index contributed by atoms with van der Waals surface area (Å²) in [7, 11) is 0. The molecule has 2 aromatic heterocycles. The Morgan fingerprint density at radius 1 is 1.17 bits per heavy atom. The topological polar surface area (TPSA) is 67.1 Å². The van der Waals surface area contributed by atoms with Gasteiger partial charge in [0.05, 0.1) is 6.54 Å². The average Bonchev–Trinajstić information content (AvgIpc) is 3.38. The third kappa shape index (κ3) is 7.73. The molecule has 0 unspecified atom stereocenters. The Balaban J connectivity index is 0.00000300. The van der Waals surface area contributed by atoms with E-state index in [9.17, 15) is 4.39 Å². The number of benzene rings is 1. The lowest BCUT2D eigenvalue weighted by molar-refractivity contribution is 0.626. The van der Waals surface area contributed by atoms with Gasteiger partial charge in [-0.15, -0.1) is 45.5 Å². The predicted octanol–water partition coefficient (Wildman–Crippen LogP) is 3.64. The molecule has 0 aliphatic rings. The number of aryl methyl sites for hydroxylation is 1. The summed E-state index contributed by atoms with van der Waals surface area (Å²) in [4.78, 5) is 5.97. The third-order valence-corrected chi connectivity index (χ3v) is 5.17. The molecule has 0 saturated carbocycles. The van der Waals surface area contributed by atoms with E-state index in [0.29, 0.717) is 13.1 Å². The first-order chi connectivity index (χ1) is 13.7. The number of aliphatic imine (C=N–C) groups is 1. The van der Waals surface area contributed by atoms with Gasteiger partial charge in [-0.1, -0.05) is 25.1 Å². The Bertz CT molecular complexity index is 863. The quantitative estimate of drug-likeness (QED) is 0.253. The van der Waals surface area contributed by atoms with Gasteiger partial charge in [-0.3, -0.25) is 0 Å². The van der Waals surface area contributed by atoms with E-state index < -0.39 is 0 Å². The van der Waals surface area contributed by atoms with Crippen LogP contribution < -0.4 is 10.6 Å². The molecule has 0 spiro atoms. The molecule has 0 radical (unpaired) electrons. The molecule has 1 aromatic carbocycles. The van der Waals surface area contributed by atoms with E-state index in [4.69, 9.17) is 0 Å². The number of halogens is 2. The minimum absolute atomic E-state index is 0. The summed E-state index contributed by atoms with van der Waals surface area (Å²) in [5.74, 6) is 1.48. The zero-order chi connectivity index (χ0) is 19.6. The minimum atomic E-state index is -0.235. The molecule has 6 nitrogen and oxygen atoms in total. The maximum Gasteiger partial charge on any atom is 0.191 e. The summed E-state index contributed by atoms with van der Waals surface area (Å²) in [5.41, 5.74) is 0.966. The van der Waals surface area contributed by atoms with E-state index >= 15 is 0 Å². The van der Waals surface area contributed by atoms with Crippen molar-refractivity contribution in [2.75, 3.05) is 13.1 Å². The van der Waals surface area contributed by atoms with Crippen LogP contribution in [0.1, 0.15) is 23.2 Å². The van der Waals surface area contributed by atoms with Gasteiger partial charge in [-0.25, -0.2) is 9.38 Å². The molecule has 3 rings (SSSR count). The summed E-state index contributed by atoms with van der Waals surface area (Å²) >= 11 is 1.75. The summed E-state index contributed by atoms with van der Waals surface area (Å²) in [6.07, 6.45) is 3.55. The van der Waals surface area contributed by atoms with Gasteiger partial charge >= 0.3 is 0 Å². The van der Waals surface area contributed by atoms with Crippen LogP contribution >= 0.6 is 35.3 Å². The predicted molar refractivity (Wildman–Crippen MR) is 126 cm³/mol. The zero-order valence-corrected chi connectivity index (χ0v) is 19.5. The van der Waals surface area contributed by atoms with Crippen LogP contribution in [-0.4, -0.2) is 33.8 Å². The number of nitrogens with one attached hydrogen (secondary N) is 2. The summed E-state index contributed by atoms with van der Waals surface area (Å²) in [6.45, 7) is 4.82. The van der Waals surface area contributed by atoms with Crippen LogP contribution in [0.4, 0.5) is 4.39 Å². The lowest BCUT2D eigenvalue weighted by atomic mass is 10.2. The van der Waals surface area contributed by atoms with Crippen LogP contribution in [0.5, 0.6) is 0 Å². The lowest BCUT2D eigenvalue weighted by Crippen LogP contribution is -2.40. The molecule has 0 bridgehead atoms. The fourth-order valence-corrected chi connectivity index (χ4v) is 3.44. The van der Waals surface area contributed by atoms with Crippen molar-refractivity contribution in [2.24, 2.45) is 4.99 Å². The first-order valence-corrected chi connectivity index (χ1v) is 10.3. The summed E-state index contributed by atoms with van der Waals surface area (Å²) in [5, 5.41) is 16.9. The zero-order valence-electron chi connectivity index (χ0n) is 16.3. The van der Waals surface area contributed by atoms with E-state index in [2.05, 4.69) is 50.3 Å². The molecule has 0 fully saturated rings. The van der Waals surface area contributed by atoms with Crippen molar-refractivity contribution in [1.82, 2.24) is 25.4 Å². The van der Waals surface area contributed by atoms with Crippen molar-refractivity contribution < 1.29 is 4.39 Å². The molecule has 0 amide bonds. The first-order valence-electron chi connectivity index (χ1n) is 9.40. The molecule has 0 saturated heterocycles. The van der Waals surface area contributed by atoms with Crippen LogP contribution in [0.3, 0.4) is 0 Å². The van der Waals surface area contributed by atoms with Gasteiger partial charge < -0.3 is 15.2 Å². The molecule has 3 aromatic rings. The van der Waals surface area contributed by atoms with Crippen molar-refractivity contribution in [1.29, 1.82) is 0 Å². The number of hydrogen-bond donors (Lipinski definition) is 2. The fourth-order valence-electron chi connectivity index (χ4n) is 2.73. The molecule has 0 atom stereocenters. The highest BCUT2D eigenvalue weighted by molar-refractivity contribution is 14.0. The Morgan fingerprint density at radius 2 is 1.97 bits per heavy atom. The molecular formula is C20H26FIN6S. The van der Waals surface area contributed by atoms with Crippen LogP contribution in [0.25, 0.3) is 0 Å². The number of nitrogens with zero attached hydrogens (tertiary/aromatic N) is 4. The van der Waals surface area contributed by atoms with E-state index in [1.807, 2.05) is 4.57 Å². The Kier molecular flexibility index (Phi) is 10.1. The van der Waals surface area contributed by atoms with Gasteiger partial charge in [-0.05, 0) is 35.6 Å². The summed E-state index contributed by atoms with van der Waals surface area (Å²) < 4.78 is 15.1. The molecule has 156 valence electrons. The smallest absolute Gasteiger partial charge is 0.191 e. The number of rotatable bonds is 9. The highest BCUT2D eigenvalue weighted by Gasteiger charge is 2.03. The Labute approximate surface area is 191 Å². The van der Waals surface area contributed by atoms with Crippen molar-refractivity contribution in [3.63, 3.8) is 0 Å².